The van der Waals surface area contributed by atoms with Crippen molar-refractivity contribution >= 4 is 5.78 Å². The first-order valence-electron chi connectivity index (χ1n) is 3.58. The van der Waals surface area contributed by atoms with Gasteiger partial charge >= 0.3 is 0 Å². The van der Waals surface area contributed by atoms with Crippen LogP contribution in [-0.4, -0.2) is 17.5 Å². The summed E-state index contributed by atoms with van der Waals surface area (Å²) in [7, 11) is 0. The monoisotopic (exact) mass is 142 g/mol. The maximum Gasteiger partial charge on any atom is 0.132 e. The van der Waals surface area contributed by atoms with Gasteiger partial charge in [-0.2, -0.15) is 0 Å². The highest BCUT2D eigenvalue weighted by Gasteiger charge is 1.93. The smallest absolute Gasteiger partial charge is 0.132 e. The van der Waals surface area contributed by atoms with Crippen LogP contribution in [0.4, 0.5) is 0 Å². The highest BCUT2D eigenvalue weighted by molar-refractivity contribution is 5.78. The van der Waals surface area contributed by atoms with Gasteiger partial charge in [0.2, 0.25) is 0 Å². The Morgan fingerprint density at radius 2 is 2.20 bits per heavy atom. The van der Waals surface area contributed by atoms with Crippen LogP contribution in [0.5, 0.6) is 0 Å². The van der Waals surface area contributed by atoms with Crippen molar-refractivity contribution in [1.29, 1.82) is 0 Å². The fourth-order valence-corrected chi connectivity index (χ4v) is 0.613. The number of rotatable bonds is 5. The molecule has 0 spiro atoms. The molecule has 1 N–H and O–H groups in total. The van der Waals surface area contributed by atoms with E-state index in [0.717, 1.165) is 6.42 Å². The molecule has 0 aromatic rings. The molecule has 0 saturated heterocycles. The van der Waals surface area contributed by atoms with Gasteiger partial charge in [0.05, 0.1) is 6.61 Å². The average molecular weight is 142 g/mol. The number of ketones is 1. The van der Waals surface area contributed by atoms with Crippen LogP contribution >= 0.6 is 0 Å². The van der Waals surface area contributed by atoms with Gasteiger partial charge in [0.25, 0.3) is 0 Å². The van der Waals surface area contributed by atoms with E-state index < -0.39 is 0 Å². The van der Waals surface area contributed by atoms with Crippen LogP contribution in [0.1, 0.15) is 26.2 Å². The molecule has 0 aromatic carbocycles. The van der Waals surface area contributed by atoms with Crippen LogP contribution in [0.3, 0.4) is 0 Å². The lowest BCUT2D eigenvalue weighted by molar-refractivity contribution is -0.118. The first-order valence-corrected chi connectivity index (χ1v) is 3.58. The van der Waals surface area contributed by atoms with E-state index in [4.69, 9.17) is 5.11 Å². The second-order valence-electron chi connectivity index (χ2n) is 2.08. The number of aliphatic hydroxyl groups excluding tert-OH is 1. The molecule has 0 atom stereocenters. The number of hydrogen-bond acceptors (Lipinski definition) is 2. The molecular formula is C8H14O2. The normalized spacial score (nSPS) is 10.6. The first-order chi connectivity index (χ1) is 4.81. The molecule has 0 bridgehead atoms. The van der Waals surface area contributed by atoms with Crippen molar-refractivity contribution in [2.45, 2.75) is 26.2 Å². The van der Waals surface area contributed by atoms with E-state index in [2.05, 4.69) is 0 Å². The molecule has 0 fully saturated rings. The zero-order valence-electron chi connectivity index (χ0n) is 6.34. The van der Waals surface area contributed by atoms with Crippen molar-refractivity contribution < 1.29 is 9.90 Å². The molecular weight excluding hydrogens is 128 g/mol. The minimum Gasteiger partial charge on any atom is -0.392 e. The van der Waals surface area contributed by atoms with Gasteiger partial charge in [0, 0.05) is 12.8 Å². The Morgan fingerprint density at radius 1 is 1.50 bits per heavy atom. The maximum atomic E-state index is 10.7. The Balaban J connectivity index is 3.19. The van der Waals surface area contributed by atoms with E-state index in [9.17, 15) is 4.79 Å². The average Bonchev–Trinajstić information content (AvgIpc) is 1.98. The maximum absolute atomic E-state index is 10.7. The van der Waals surface area contributed by atoms with Crippen LogP contribution in [-0.2, 0) is 4.79 Å². The van der Waals surface area contributed by atoms with Crippen LogP contribution in [0.15, 0.2) is 12.2 Å². The van der Waals surface area contributed by atoms with Gasteiger partial charge in [-0.3, -0.25) is 4.79 Å². The Bertz CT molecular complexity index is 116. The van der Waals surface area contributed by atoms with Gasteiger partial charge in [-0.15, -0.1) is 0 Å². The molecule has 0 saturated carbocycles. The lowest BCUT2D eigenvalue weighted by Gasteiger charge is -1.90. The quantitative estimate of drug-likeness (QED) is 0.587. The standard InChI is InChI=1S/C8H14O2/c1-2-8(10)6-4-3-5-7-9/h3,5,9H,2,4,6-7H2,1H3. The number of allylic oxidation sites excluding steroid dienone is 1. The van der Waals surface area contributed by atoms with E-state index in [0.29, 0.717) is 12.8 Å². The summed E-state index contributed by atoms with van der Waals surface area (Å²) >= 11 is 0. The van der Waals surface area contributed by atoms with E-state index in [1.807, 2.05) is 13.0 Å². The molecule has 2 nitrogen and oxygen atoms in total. The van der Waals surface area contributed by atoms with Gasteiger partial charge < -0.3 is 5.11 Å². The second kappa shape index (κ2) is 6.49. The van der Waals surface area contributed by atoms with Crippen molar-refractivity contribution in [2.24, 2.45) is 0 Å². The van der Waals surface area contributed by atoms with E-state index in [-0.39, 0.29) is 12.4 Å². The van der Waals surface area contributed by atoms with Crippen LogP contribution in [0, 0.1) is 0 Å². The highest BCUT2D eigenvalue weighted by Crippen LogP contribution is 1.94. The number of hydrogen-bond donors (Lipinski definition) is 1. The summed E-state index contributed by atoms with van der Waals surface area (Å²) in [6.45, 7) is 1.93. The molecule has 0 aliphatic carbocycles. The molecule has 0 aliphatic rings. The summed E-state index contributed by atoms with van der Waals surface area (Å²) in [6, 6.07) is 0. The van der Waals surface area contributed by atoms with Crippen LogP contribution < -0.4 is 0 Å². The minimum atomic E-state index is 0.0698. The summed E-state index contributed by atoms with van der Waals surface area (Å²) in [5.41, 5.74) is 0. The van der Waals surface area contributed by atoms with E-state index in [1.54, 1.807) is 6.08 Å². The molecule has 10 heavy (non-hydrogen) atoms. The predicted molar refractivity (Wildman–Crippen MR) is 40.8 cm³/mol. The molecule has 0 radical (unpaired) electrons. The van der Waals surface area contributed by atoms with Crippen molar-refractivity contribution in [3.63, 3.8) is 0 Å². The summed E-state index contributed by atoms with van der Waals surface area (Å²) in [4.78, 5) is 10.7. The van der Waals surface area contributed by atoms with Crippen molar-refractivity contribution in [3.05, 3.63) is 12.2 Å². The van der Waals surface area contributed by atoms with Gasteiger partial charge in [0.15, 0.2) is 0 Å². The molecule has 2 heteroatoms. The number of aliphatic hydroxyl groups is 1. The third-order valence-electron chi connectivity index (χ3n) is 1.26. The lowest BCUT2D eigenvalue weighted by atomic mass is 10.2. The topological polar surface area (TPSA) is 37.3 Å². The van der Waals surface area contributed by atoms with Gasteiger partial charge in [0.1, 0.15) is 5.78 Å². The molecule has 0 aromatic heterocycles. The molecule has 58 valence electrons. The van der Waals surface area contributed by atoms with Gasteiger partial charge in [-0.1, -0.05) is 19.1 Å². The zero-order valence-corrected chi connectivity index (χ0v) is 6.34. The summed E-state index contributed by atoms with van der Waals surface area (Å²) in [6.07, 6.45) is 5.46. The highest BCUT2D eigenvalue weighted by atomic mass is 16.2. The molecule has 0 rings (SSSR count). The number of carbonyl (C=O) groups excluding carboxylic acids is 1. The number of Topliss-reactive ketones (excluding diaryl/α,β-unsaturated/α-hetero) is 1. The third-order valence-corrected chi connectivity index (χ3v) is 1.26. The molecule has 0 heterocycles. The largest absolute Gasteiger partial charge is 0.392 e. The Kier molecular flexibility index (Phi) is 6.08. The zero-order chi connectivity index (χ0) is 7.82. The fourth-order valence-electron chi connectivity index (χ4n) is 0.613. The molecule has 0 aliphatic heterocycles. The Morgan fingerprint density at radius 3 is 2.70 bits per heavy atom. The third kappa shape index (κ3) is 5.51. The molecule has 0 unspecified atom stereocenters. The van der Waals surface area contributed by atoms with Crippen LogP contribution in [0.2, 0.25) is 0 Å². The SMILES string of the molecule is CCC(=O)CCC=CCO. The predicted octanol–water partition coefficient (Wildman–Crippen LogP) is 1.29. The summed E-state index contributed by atoms with van der Waals surface area (Å²) < 4.78 is 0. The van der Waals surface area contributed by atoms with Gasteiger partial charge in [-0.25, -0.2) is 0 Å². The van der Waals surface area contributed by atoms with Crippen molar-refractivity contribution in [2.75, 3.05) is 6.61 Å². The fraction of sp³-hybridized carbons (Fsp3) is 0.625. The van der Waals surface area contributed by atoms with Crippen LogP contribution in [0.25, 0.3) is 0 Å². The van der Waals surface area contributed by atoms with Gasteiger partial charge in [-0.05, 0) is 6.42 Å². The summed E-state index contributed by atoms with van der Waals surface area (Å²) in [5.74, 6) is 0.280. The Labute approximate surface area is 61.6 Å². The van der Waals surface area contributed by atoms with Crippen molar-refractivity contribution in [3.8, 4) is 0 Å². The minimum absolute atomic E-state index is 0.0698. The second-order valence-corrected chi connectivity index (χ2v) is 2.08. The first kappa shape index (κ1) is 9.37. The Hall–Kier alpha value is -0.630. The van der Waals surface area contributed by atoms with E-state index in [1.165, 1.54) is 0 Å². The number of carbonyl (C=O) groups is 1. The molecule has 0 amide bonds. The van der Waals surface area contributed by atoms with Crippen molar-refractivity contribution in [1.82, 2.24) is 0 Å². The van der Waals surface area contributed by atoms with E-state index >= 15 is 0 Å². The lowest BCUT2D eigenvalue weighted by Crippen LogP contribution is -1.92. The summed E-state index contributed by atoms with van der Waals surface area (Å²) in [5, 5.41) is 8.32.